The van der Waals surface area contributed by atoms with Gasteiger partial charge in [-0.15, -0.1) is 0 Å². The van der Waals surface area contributed by atoms with Gasteiger partial charge >= 0.3 is 0 Å². The summed E-state index contributed by atoms with van der Waals surface area (Å²) >= 11 is 1.28. The van der Waals surface area contributed by atoms with Gasteiger partial charge in [0.2, 0.25) is 0 Å². The second-order valence-corrected chi connectivity index (χ2v) is 8.26. The zero-order valence-corrected chi connectivity index (χ0v) is 20.1. The van der Waals surface area contributed by atoms with E-state index in [4.69, 9.17) is 14.2 Å². The SMILES string of the molecule is CCOc1ccc2nc(N(Cc3ccccn3)C(=O)c3cc(OC)c(OC)cc3[N+](=O)[O-])sc2c1. The lowest BCUT2D eigenvalue weighted by atomic mass is 10.1. The molecule has 0 bridgehead atoms. The van der Waals surface area contributed by atoms with Crippen molar-refractivity contribution in [2.45, 2.75) is 13.5 Å². The van der Waals surface area contributed by atoms with Crippen LogP contribution in [-0.2, 0) is 6.54 Å². The Kier molecular flexibility index (Phi) is 7.06. The van der Waals surface area contributed by atoms with Gasteiger partial charge in [-0.05, 0) is 37.3 Å². The summed E-state index contributed by atoms with van der Waals surface area (Å²) in [5.74, 6) is 0.418. The third kappa shape index (κ3) is 4.99. The van der Waals surface area contributed by atoms with Gasteiger partial charge in [-0.2, -0.15) is 0 Å². The molecule has 0 N–H and O–H groups in total. The van der Waals surface area contributed by atoms with Crippen molar-refractivity contribution in [1.29, 1.82) is 0 Å². The molecule has 10 nitrogen and oxygen atoms in total. The van der Waals surface area contributed by atoms with Gasteiger partial charge in [0, 0.05) is 12.3 Å². The average molecular weight is 495 g/mol. The average Bonchev–Trinajstić information content (AvgIpc) is 3.30. The number of amides is 1. The fourth-order valence-corrected chi connectivity index (χ4v) is 4.47. The van der Waals surface area contributed by atoms with Crippen molar-refractivity contribution in [2.75, 3.05) is 25.7 Å². The molecule has 35 heavy (non-hydrogen) atoms. The number of hydrogen-bond donors (Lipinski definition) is 0. The molecule has 0 fully saturated rings. The number of rotatable bonds is 9. The molecule has 0 atom stereocenters. The maximum Gasteiger partial charge on any atom is 0.286 e. The molecule has 0 unspecified atom stereocenters. The molecule has 11 heteroatoms. The van der Waals surface area contributed by atoms with Crippen LogP contribution in [0.1, 0.15) is 23.0 Å². The third-order valence-corrected chi connectivity index (χ3v) is 6.15. The first kappa shape index (κ1) is 23.9. The molecule has 0 aliphatic rings. The summed E-state index contributed by atoms with van der Waals surface area (Å²) in [4.78, 5) is 35.4. The molecule has 0 saturated heterocycles. The number of fused-ring (bicyclic) bond motifs is 1. The van der Waals surface area contributed by atoms with Gasteiger partial charge in [-0.1, -0.05) is 17.4 Å². The molecule has 0 aliphatic heterocycles. The summed E-state index contributed by atoms with van der Waals surface area (Å²) < 4.78 is 16.9. The molecule has 0 aliphatic carbocycles. The van der Waals surface area contributed by atoms with Crippen LogP contribution in [-0.4, -0.2) is 41.6 Å². The first-order valence-corrected chi connectivity index (χ1v) is 11.4. The molecule has 4 aromatic rings. The second-order valence-electron chi connectivity index (χ2n) is 7.25. The highest BCUT2D eigenvalue weighted by Crippen LogP contribution is 2.38. The van der Waals surface area contributed by atoms with Gasteiger partial charge in [0.15, 0.2) is 16.6 Å². The Hall–Kier alpha value is -4.25. The van der Waals surface area contributed by atoms with Crippen LogP contribution in [0.4, 0.5) is 10.8 Å². The fourth-order valence-electron chi connectivity index (χ4n) is 3.48. The van der Waals surface area contributed by atoms with E-state index in [1.54, 1.807) is 30.5 Å². The minimum Gasteiger partial charge on any atom is -0.494 e. The number of carbonyl (C=O) groups is 1. The number of benzene rings is 2. The molecular formula is C24H22N4O6S. The van der Waals surface area contributed by atoms with Crippen molar-refractivity contribution in [3.8, 4) is 17.2 Å². The summed E-state index contributed by atoms with van der Waals surface area (Å²) in [7, 11) is 2.77. The molecule has 0 saturated carbocycles. The summed E-state index contributed by atoms with van der Waals surface area (Å²) in [5.41, 5.74) is 0.712. The predicted molar refractivity (Wildman–Crippen MR) is 132 cm³/mol. The van der Waals surface area contributed by atoms with Crippen molar-refractivity contribution in [3.63, 3.8) is 0 Å². The minimum atomic E-state index is -0.624. The molecule has 2 aromatic carbocycles. The minimum absolute atomic E-state index is 0.0588. The van der Waals surface area contributed by atoms with E-state index in [-0.39, 0.29) is 23.6 Å². The van der Waals surface area contributed by atoms with E-state index in [0.29, 0.717) is 28.7 Å². The number of methoxy groups -OCH3 is 2. The first-order valence-electron chi connectivity index (χ1n) is 10.6. The first-order chi connectivity index (χ1) is 16.9. The van der Waals surface area contributed by atoms with Crippen LogP contribution in [0.3, 0.4) is 0 Å². The van der Waals surface area contributed by atoms with E-state index >= 15 is 0 Å². The molecule has 1 amide bonds. The Morgan fingerprint density at radius 3 is 2.54 bits per heavy atom. The molecule has 0 spiro atoms. The molecular weight excluding hydrogens is 472 g/mol. The summed E-state index contributed by atoms with van der Waals surface area (Å²) in [6.07, 6.45) is 1.61. The number of thiazole rings is 1. The Morgan fingerprint density at radius 1 is 1.11 bits per heavy atom. The molecule has 2 aromatic heterocycles. The second kappa shape index (κ2) is 10.3. The van der Waals surface area contributed by atoms with E-state index < -0.39 is 16.5 Å². The Labute approximate surface area is 204 Å². The number of hydrogen-bond acceptors (Lipinski definition) is 9. The number of nitro groups is 1. The van der Waals surface area contributed by atoms with Crippen LogP contribution in [0, 0.1) is 10.1 Å². The normalized spacial score (nSPS) is 10.7. The number of nitro benzene ring substituents is 1. The maximum atomic E-state index is 13.8. The molecule has 2 heterocycles. The quantitative estimate of drug-likeness (QED) is 0.239. The smallest absolute Gasteiger partial charge is 0.286 e. The molecule has 180 valence electrons. The van der Waals surface area contributed by atoms with Gasteiger partial charge in [-0.3, -0.25) is 24.8 Å². The van der Waals surface area contributed by atoms with E-state index in [9.17, 15) is 14.9 Å². The van der Waals surface area contributed by atoms with E-state index in [2.05, 4.69) is 9.97 Å². The van der Waals surface area contributed by atoms with Gasteiger partial charge in [0.05, 0.1) is 54.3 Å². The number of pyridine rings is 1. The van der Waals surface area contributed by atoms with Gasteiger partial charge in [0.25, 0.3) is 11.6 Å². The highest BCUT2D eigenvalue weighted by Gasteiger charge is 2.30. The number of aromatic nitrogens is 2. The van der Waals surface area contributed by atoms with E-state index in [0.717, 1.165) is 4.70 Å². The van der Waals surface area contributed by atoms with Crippen molar-refractivity contribution >= 4 is 38.3 Å². The Morgan fingerprint density at radius 2 is 1.89 bits per heavy atom. The number of nitrogens with zero attached hydrogens (tertiary/aromatic N) is 4. The molecule has 0 radical (unpaired) electrons. The Bertz CT molecular complexity index is 1380. The highest BCUT2D eigenvalue weighted by molar-refractivity contribution is 7.22. The van der Waals surface area contributed by atoms with Crippen molar-refractivity contribution in [3.05, 3.63) is 76.1 Å². The van der Waals surface area contributed by atoms with Gasteiger partial charge in [0.1, 0.15) is 11.3 Å². The Balaban J connectivity index is 1.84. The van der Waals surface area contributed by atoms with Crippen LogP contribution < -0.4 is 19.1 Å². The van der Waals surface area contributed by atoms with Gasteiger partial charge < -0.3 is 14.2 Å². The van der Waals surface area contributed by atoms with Crippen molar-refractivity contribution in [2.24, 2.45) is 0 Å². The zero-order valence-electron chi connectivity index (χ0n) is 19.3. The van der Waals surface area contributed by atoms with E-state index in [1.165, 1.54) is 42.6 Å². The van der Waals surface area contributed by atoms with Gasteiger partial charge in [-0.25, -0.2) is 4.98 Å². The zero-order chi connectivity index (χ0) is 24.9. The third-order valence-electron chi connectivity index (χ3n) is 5.11. The number of anilines is 1. The largest absolute Gasteiger partial charge is 0.494 e. The molecule has 4 rings (SSSR count). The van der Waals surface area contributed by atoms with Crippen molar-refractivity contribution < 1.29 is 23.9 Å². The fraction of sp³-hybridized carbons (Fsp3) is 0.208. The highest BCUT2D eigenvalue weighted by atomic mass is 32.1. The van der Waals surface area contributed by atoms with Crippen LogP contribution >= 0.6 is 11.3 Å². The van der Waals surface area contributed by atoms with E-state index in [1.807, 2.05) is 19.1 Å². The summed E-state index contributed by atoms with van der Waals surface area (Å²) in [6.45, 7) is 2.47. The van der Waals surface area contributed by atoms with Crippen molar-refractivity contribution in [1.82, 2.24) is 9.97 Å². The number of carbonyl (C=O) groups excluding carboxylic acids is 1. The van der Waals surface area contributed by atoms with Crippen LogP contribution in [0.15, 0.2) is 54.7 Å². The maximum absolute atomic E-state index is 13.8. The summed E-state index contributed by atoms with van der Waals surface area (Å²) in [5, 5.41) is 12.2. The monoisotopic (exact) mass is 494 g/mol. The number of ether oxygens (including phenoxy) is 3. The topological polar surface area (TPSA) is 117 Å². The summed E-state index contributed by atoms with van der Waals surface area (Å²) in [6, 6.07) is 13.3. The lowest BCUT2D eigenvalue weighted by Crippen LogP contribution is -2.31. The van der Waals surface area contributed by atoms with Crippen LogP contribution in [0.2, 0.25) is 0 Å². The van der Waals surface area contributed by atoms with Crippen LogP contribution in [0.25, 0.3) is 10.2 Å². The predicted octanol–water partition coefficient (Wildman–Crippen LogP) is 4.86. The van der Waals surface area contributed by atoms with Crippen LogP contribution in [0.5, 0.6) is 17.2 Å². The lowest BCUT2D eigenvalue weighted by molar-refractivity contribution is -0.385. The standard InChI is InChI=1S/C24H22N4O6S/c1-4-34-16-8-9-18-22(11-16)35-24(26-18)27(14-15-7-5-6-10-25-15)23(29)17-12-20(32-2)21(33-3)13-19(17)28(30)31/h5-13H,4,14H2,1-3H3. The lowest BCUT2D eigenvalue weighted by Gasteiger charge is -2.20.